The van der Waals surface area contributed by atoms with Gasteiger partial charge in [0.05, 0.1) is 0 Å². The van der Waals surface area contributed by atoms with Crippen LogP contribution in [0.3, 0.4) is 0 Å². The number of unbranched alkanes of at least 4 members (excludes halogenated alkanes) is 11. The molecule has 3 aromatic carbocycles. The van der Waals surface area contributed by atoms with E-state index in [0.29, 0.717) is 0 Å². The summed E-state index contributed by atoms with van der Waals surface area (Å²) in [6, 6.07) is 33.2. The Hall–Kier alpha value is -2.38. The quantitative estimate of drug-likeness (QED) is 0.132. The minimum atomic E-state index is -0.146. The van der Waals surface area contributed by atoms with Crippen molar-refractivity contribution in [3.05, 3.63) is 108 Å². The first-order valence-electron chi connectivity index (χ1n) is 14.7. The Morgan fingerprint density at radius 2 is 0.806 bits per heavy atom. The van der Waals surface area contributed by atoms with Gasteiger partial charge in [0, 0.05) is 5.41 Å². The maximum absolute atomic E-state index is 3.79. The van der Waals surface area contributed by atoms with Crippen LogP contribution in [-0.4, -0.2) is 13.1 Å². The first kappa shape index (κ1) is 28.2. The zero-order chi connectivity index (χ0) is 25.2. The largest absolute Gasteiger partial charge is 0.317 e. The third kappa shape index (κ3) is 8.93. The van der Waals surface area contributed by atoms with Crippen LogP contribution >= 0.6 is 0 Å². The number of benzene rings is 3. The van der Waals surface area contributed by atoms with Crippen molar-refractivity contribution >= 4 is 0 Å². The average molecular weight is 484 g/mol. The van der Waals surface area contributed by atoms with Crippen LogP contribution in [0, 0.1) is 0 Å². The maximum atomic E-state index is 3.79. The average Bonchev–Trinajstić information content (AvgIpc) is 2.94. The molecule has 3 rings (SSSR count). The Balaban J connectivity index is 1.45. The van der Waals surface area contributed by atoms with E-state index in [1.54, 1.807) is 0 Å². The summed E-state index contributed by atoms with van der Waals surface area (Å²) in [6.07, 6.45) is 17.9. The summed E-state index contributed by atoms with van der Waals surface area (Å²) in [6.45, 7) is 4.42. The summed E-state index contributed by atoms with van der Waals surface area (Å²) in [5, 5.41) is 3.79. The first-order valence-corrected chi connectivity index (χ1v) is 14.7. The van der Waals surface area contributed by atoms with Gasteiger partial charge in [-0.2, -0.15) is 0 Å². The van der Waals surface area contributed by atoms with Gasteiger partial charge in [-0.1, -0.05) is 169 Å². The van der Waals surface area contributed by atoms with Gasteiger partial charge in [-0.3, -0.25) is 0 Å². The van der Waals surface area contributed by atoms with Crippen molar-refractivity contribution in [3.63, 3.8) is 0 Å². The minimum absolute atomic E-state index is 0.146. The van der Waals surface area contributed by atoms with Crippen molar-refractivity contribution in [2.75, 3.05) is 13.1 Å². The van der Waals surface area contributed by atoms with E-state index >= 15 is 0 Å². The second-order valence-corrected chi connectivity index (χ2v) is 10.4. The summed E-state index contributed by atoms with van der Waals surface area (Å²) < 4.78 is 0. The molecule has 0 atom stereocenters. The van der Waals surface area contributed by atoms with Gasteiger partial charge in [-0.25, -0.2) is 0 Å². The van der Waals surface area contributed by atoms with E-state index in [9.17, 15) is 0 Å². The minimum Gasteiger partial charge on any atom is -0.317 e. The van der Waals surface area contributed by atoms with Crippen LogP contribution in [0.4, 0.5) is 0 Å². The van der Waals surface area contributed by atoms with Gasteiger partial charge < -0.3 is 5.32 Å². The lowest BCUT2D eigenvalue weighted by Gasteiger charge is -2.36. The monoisotopic (exact) mass is 483 g/mol. The van der Waals surface area contributed by atoms with E-state index in [0.717, 1.165) is 19.5 Å². The van der Waals surface area contributed by atoms with E-state index in [-0.39, 0.29) is 5.41 Å². The SMILES string of the molecule is CCCCCCCCCCCCCCNCCC(c1ccccc1)(c1ccccc1)c1ccccc1. The molecule has 0 heterocycles. The predicted octanol–water partition coefficient (Wildman–Crippen LogP) is 9.70. The normalized spacial score (nSPS) is 11.6. The zero-order valence-corrected chi connectivity index (χ0v) is 22.8. The molecule has 0 radical (unpaired) electrons. The van der Waals surface area contributed by atoms with Gasteiger partial charge in [0.2, 0.25) is 0 Å². The molecule has 3 aromatic rings. The van der Waals surface area contributed by atoms with Crippen molar-refractivity contribution in [1.82, 2.24) is 5.32 Å². The van der Waals surface area contributed by atoms with Gasteiger partial charge in [-0.15, -0.1) is 0 Å². The van der Waals surface area contributed by atoms with Crippen molar-refractivity contribution in [2.45, 2.75) is 95.8 Å². The number of nitrogens with one attached hydrogen (secondary N) is 1. The molecular weight excluding hydrogens is 434 g/mol. The first-order chi connectivity index (χ1) is 17.9. The Morgan fingerprint density at radius 3 is 1.19 bits per heavy atom. The van der Waals surface area contributed by atoms with Gasteiger partial charge in [0.25, 0.3) is 0 Å². The van der Waals surface area contributed by atoms with Crippen molar-refractivity contribution in [2.24, 2.45) is 0 Å². The molecule has 1 N–H and O–H groups in total. The Labute approximate surface area is 221 Å². The lowest BCUT2D eigenvalue weighted by molar-refractivity contribution is 0.501. The fraction of sp³-hybridized carbons (Fsp3) is 0.486. The van der Waals surface area contributed by atoms with Crippen LogP contribution < -0.4 is 5.32 Å². The molecule has 0 aliphatic heterocycles. The van der Waals surface area contributed by atoms with E-state index < -0.39 is 0 Å². The van der Waals surface area contributed by atoms with Crippen LogP contribution in [0.25, 0.3) is 0 Å². The van der Waals surface area contributed by atoms with E-state index in [2.05, 4.69) is 103 Å². The van der Waals surface area contributed by atoms with Crippen LogP contribution in [0.5, 0.6) is 0 Å². The predicted molar refractivity (Wildman–Crippen MR) is 158 cm³/mol. The van der Waals surface area contributed by atoms with E-state index in [1.165, 1.54) is 93.7 Å². The highest BCUT2D eigenvalue weighted by Gasteiger charge is 2.35. The second-order valence-electron chi connectivity index (χ2n) is 10.4. The van der Waals surface area contributed by atoms with Gasteiger partial charge in [0.1, 0.15) is 0 Å². The molecule has 36 heavy (non-hydrogen) atoms. The molecule has 0 unspecified atom stereocenters. The number of rotatable bonds is 19. The number of hydrogen-bond acceptors (Lipinski definition) is 1. The molecule has 1 heteroatoms. The Kier molecular flexibility index (Phi) is 13.4. The highest BCUT2D eigenvalue weighted by Crippen LogP contribution is 2.41. The molecule has 0 fully saturated rings. The Morgan fingerprint density at radius 1 is 0.444 bits per heavy atom. The van der Waals surface area contributed by atoms with Crippen molar-refractivity contribution in [3.8, 4) is 0 Å². The Bertz CT molecular complexity index is 806. The van der Waals surface area contributed by atoms with E-state index in [4.69, 9.17) is 0 Å². The van der Waals surface area contributed by atoms with Crippen LogP contribution in [0.2, 0.25) is 0 Å². The second kappa shape index (κ2) is 17.1. The highest BCUT2D eigenvalue weighted by atomic mass is 14.8. The van der Waals surface area contributed by atoms with E-state index in [1.807, 2.05) is 0 Å². The molecule has 0 saturated heterocycles. The van der Waals surface area contributed by atoms with Crippen molar-refractivity contribution < 1.29 is 0 Å². The van der Waals surface area contributed by atoms with Crippen LogP contribution in [0.15, 0.2) is 91.0 Å². The zero-order valence-electron chi connectivity index (χ0n) is 22.8. The molecule has 194 valence electrons. The molecule has 0 aliphatic carbocycles. The third-order valence-electron chi connectivity index (χ3n) is 7.68. The standard InChI is InChI=1S/C35H49N/c1-2-3-4-5-6-7-8-9-10-11-12-22-30-36-31-29-35(32-23-16-13-17-24-32,33-25-18-14-19-26-33)34-27-20-15-21-28-34/h13-21,23-28,36H,2-12,22,29-31H2,1H3. The summed E-state index contributed by atoms with van der Waals surface area (Å²) in [5.41, 5.74) is 3.96. The van der Waals surface area contributed by atoms with Gasteiger partial charge in [0.15, 0.2) is 0 Å². The molecular formula is C35H49N. The number of hydrogen-bond donors (Lipinski definition) is 1. The fourth-order valence-electron chi connectivity index (χ4n) is 5.59. The maximum Gasteiger partial charge on any atom is 0.0463 e. The fourth-order valence-corrected chi connectivity index (χ4v) is 5.59. The molecule has 1 nitrogen and oxygen atoms in total. The third-order valence-corrected chi connectivity index (χ3v) is 7.68. The van der Waals surface area contributed by atoms with Gasteiger partial charge >= 0.3 is 0 Å². The molecule has 0 saturated carbocycles. The smallest absolute Gasteiger partial charge is 0.0463 e. The van der Waals surface area contributed by atoms with Crippen LogP contribution in [-0.2, 0) is 5.41 Å². The van der Waals surface area contributed by atoms with Gasteiger partial charge in [-0.05, 0) is 42.6 Å². The molecule has 0 aromatic heterocycles. The highest BCUT2D eigenvalue weighted by molar-refractivity contribution is 5.50. The molecule has 0 bridgehead atoms. The molecule has 0 amide bonds. The topological polar surface area (TPSA) is 12.0 Å². The van der Waals surface area contributed by atoms with Crippen molar-refractivity contribution in [1.29, 1.82) is 0 Å². The molecule has 0 spiro atoms. The summed E-state index contributed by atoms with van der Waals surface area (Å²) >= 11 is 0. The van der Waals surface area contributed by atoms with Crippen LogP contribution in [0.1, 0.15) is 107 Å². The lowest BCUT2D eigenvalue weighted by Crippen LogP contribution is -2.34. The summed E-state index contributed by atoms with van der Waals surface area (Å²) in [4.78, 5) is 0. The summed E-state index contributed by atoms with van der Waals surface area (Å²) in [5.74, 6) is 0. The lowest BCUT2D eigenvalue weighted by atomic mass is 9.67. The molecule has 0 aliphatic rings. The summed E-state index contributed by atoms with van der Waals surface area (Å²) in [7, 11) is 0.